The van der Waals surface area contributed by atoms with Crippen molar-refractivity contribution in [3.05, 3.63) is 74.8 Å². The number of nitro groups is 1. The summed E-state index contributed by atoms with van der Waals surface area (Å²) >= 11 is 0. The van der Waals surface area contributed by atoms with Gasteiger partial charge in [0.15, 0.2) is 0 Å². The molecular weight excluding hydrogens is 370 g/mol. The molecule has 0 bridgehead atoms. The van der Waals surface area contributed by atoms with E-state index in [1.165, 1.54) is 17.7 Å². The van der Waals surface area contributed by atoms with Gasteiger partial charge >= 0.3 is 0 Å². The molecule has 2 aromatic rings. The number of nitrogens with zero attached hydrogens (tertiary/aromatic N) is 3. The van der Waals surface area contributed by atoms with E-state index in [4.69, 9.17) is 0 Å². The van der Waals surface area contributed by atoms with E-state index < -0.39 is 4.92 Å². The zero-order chi connectivity index (χ0) is 21.1. The van der Waals surface area contributed by atoms with Crippen LogP contribution in [0.15, 0.2) is 42.5 Å². The lowest BCUT2D eigenvalue weighted by molar-refractivity contribution is -0.385. The molecule has 1 heterocycles. The Labute approximate surface area is 170 Å². The Morgan fingerprint density at radius 1 is 0.897 bits per heavy atom. The Bertz CT molecular complexity index is 930. The maximum absolute atomic E-state index is 12.7. The molecule has 0 N–H and O–H groups in total. The third kappa shape index (κ3) is 4.45. The number of hydrogen-bond acceptors (Lipinski definition) is 4. The van der Waals surface area contributed by atoms with Gasteiger partial charge in [-0.25, -0.2) is 0 Å². The van der Waals surface area contributed by atoms with Gasteiger partial charge in [0, 0.05) is 48.9 Å². The standard InChI is InChI=1S/C22H25N3O4/c1-15(2)17-4-6-18(7-5-17)21(26)23-10-12-24(13-11-23)22(27)19-8-9-20(25(28)29)16(3)14-19/h4-9,14-15H,10-13H2,1-3H3. The molecule has 29 heavy (non-hydrogen) atoms. The van der Waals surface area contributed by atoms with Gasteiger partial charge in [-0.05, 0) is 42.7 Å². The Morgan fingerprint density at radius 2 is 1.38 bits per heavy atom. The first-order valence-corrected chi connectivity index (χ1v) is 9.71. The molecule has 0 unspecified atom stereocenters. The van der Waals surface area contributed by atoms with Crippen molar-refractivity contribution in [2.45, 2.75) is 26.7 Å². The number of piperazine rings is 1. The van der Waals surface area contributed by atoms with Gasteiger partial charge in [0.25, 0.3) is 17.5 Å². The van der Waals surface area contributed by atoms with Crippen molar-refractivity contribution in [2.24, 2.45) is 0 Å². The van der Waals surface area contributed by atoms with E-state index in [-0.39, 0.29) is 17.5 Å². The van der Waals surface area contributed by atoms with Crippen LogP contribution in [0.2, 0.25) is 0 Å². The van der Waals surface area contributed by atoms with Crippen molar-refractivity contribution in [1.82, 2.24) is 9.80 Å². The maximum atomic E-state index is 12.7. The van der Waals surface area contributed by atoms with Gasteiger partial charge in [-0.2, -0.15) is 0 Å². The van der Waals surface area contributed by atoms with E-state index in [1.54, 1.807) is 22.8 Å². The Morgan fingerprint density at radius 3 is 1.83 bits per heavy atom. The Kier molecular flexibility index (Phi) is 5.96. The topological polar surface area (TPSA) is 83.8 Å². The number of amides is 2. The minimum absolute atomic E-state index is 0.000418. The Balaban J connectivity index is 1.62. The quantitative estimate of drug-likeness (QED) is 0.585. The van der Waals surface area contributed by atoms with Crippen LogP contribution in [-0.4, -0.2) is 52.7 Å². The molecule has 152 valence electrons. The summed E-state index contributed by atoms with van der Waals surface area (Å²) in [6, 6.07) is 12.1. The second-order valence-corrected chi connectivity index (χ2v) is 7.62. The fourth-order valence-electron chi connectivity index (χ4n) is 3.48. The number of rotatable bonds is 4. The smallest absolute Gasteiger partial charge is 0.272 e. The van der Waals surface area contributed by atoms with E-state index in [0.29, 0.717) is 48.8 Å². The first-order valence-electron chi connectivity index (χ1n) is 9.71. The summed E-state index contributed by atoms with van der Waals surface area (Å²) in [6.45, 7) is 7.63. The second kappa shape index (κ2) is 8.43. The summed E-state index contributed by atoms with van der Waals surface area (Å²) in [5.41, 5.74) is 2.73. The van der Waals surface area contributed by atoms with Crippen LogP contribution < -0.4 is 0 Å². The molecule has 1 fully saturated rings. The Hall–Kier alpha value is -3.22. The fraction of sp³-hybridized carbons (Fsp3) is 0.364. The molecule has 0 aromatic heterocycles. The van der Waals surface area contributed by atoms with E-state index in [1.807, 2.05) is 24.3 Å². The molecule has 1 aliphatic heterocycles. The number of carbonyl (C=O) groups is 2. The molecule has 1 saturated heterocycles. The van der Waals surface area contributed by atoms with E-state index in [0.717, 1.165) is 0 Å². The van der Waals surface area contributed by atoms with Crippen LogP contribution in [0.3, 0.4) is 0 Å². The molecule has 0 atom stereocenters. The van der Waals surface area contributed by atoms with Crippen molar-refractivity contribution in [3.8, 4) is 0 Å². The van der Waals surface area contributed by atoms with Crippen molar-refractivity contribution in [3.63, 3.8) is 0 Å². The lowest BCUT2D eigenvalue weighted by Gasteiger charge is -2.35. The first kappa shape index (κ1) is 20.5. The van der Waals surface area contributed by atoms with Gasteiger partial charge in [-0.3, -0.25) is 19.7 Å². The molecule has 2 aromatic carbocycles. The van der Waals surface area contributed by atoms with Gasteiger partial charge in [-0.15, -0.1) is 0 Å². The summed E-state index contributed by atoms with van der Waals surface area (Å²) in [4.78, 5) is 39.4. The minimum Gasteiger partial charge on any atom is -0.335 e. The average Bonchev–Trinajstić information content (AvgIpc) is 2.72. The molecule has 7 nitrogen and oxygen atoms in total. The minimum atomic E-state index is -0.457. The molecule has 2 amide bonds. The van der Waals surface area contributed by atoms with Crippen LogP contribution in [0.5, 0.6) is 0 Å². The molecule has 0 spiro atoms. The summed E-state index contributed by atoms with van der Waals surface area (Å²) in [6.07, 6.45) is 0. The zero-order valence-corrected chi connectivity index (χ0v) is 16.9. The molecular formula is C22H25N3O4. The number of benzene rings is 2. The highest BCUT2D eigenvalue weighted by Gasteiger charge is 2.26. The second-order valence-electron chi connectivity index (χ2n) is 7.62. The number of nitro benzene ring substituents is 1. The van der Waals surface area contributed by atoms with Gasteiger partial charge < -0.3 is 9.80 Å². The third-order valence-corrected chi connectivity index (χ3v) is 5.32. The van der Waals surface area contributed by atoms with Crippen LogP contribution >= 0.6 is 0 Å². The van der Waals surface area contributed by atoms with E-state index in [2.05, 4.69) is 13.8 Å². The monoisotopic (exact) mass is 395 g/mol. The lowest BCUT2D eigenvalue weighted by atomic mass is 10.0. The van der Waals surface area contributed by atoms with Crippen molar-refractivity contribution >= 4 is 17.5 Å². The maximum Gasteiger partial charge on any atom is 0.272 e. The van der Waals surface area contributed by atoms with Crippen LogP contribution in [-0.2, 0) is 0 Å². The number of aryl methyl sites for hydroxylation is 1. The predicted octanol–water partition coefficient (Wildman–Crippen LogP) is 3.62. The number of hydrogen-bond donors (Lipinski definition) is 0. The molecule has 3 rings (SSSR count). The lowest BCUT2D eigenvalue weighted by Crippen LogP contribution is -2.50. The summed E-state index contributed by atoms with van der Waals surface area (Å²) in [5.74, 6) is 0.215. The predicted molar refractivity (Wildman–Crippen MR) is 110 cm³/mol. The third-order valence-electron chi connectivity index (χ3n) is 5.32. The molecule has 0 radical (unpaired) electrons. The van der Waals surface area contributed by atoms with Crippen molar-refractivity contribution < 1.29 is 14.5 Å². The molecule has 7 heteroatoms. The highest BCUT2D eigenvalue weighted by Crippen LogP contribution is 2.21. The van der Waals surface area contributed by atoms with Gasteiger partial charge in [0.1, 0.15) is 0 Å². The summed E-state index contributed by atoms with van der Waals surface area (Å²) < 4.78 is 0. The highest BCUT2D eigenvalue weighted by molar-refractivity contribution is 5.96. The highest BCUT2D eigenvalue weighted by atomic mass is 16.6. The molecule has 0 saturated carbocycles. The average molecular weight is 395 g/mol. The SMILES string of the molecule is Cc1cc(C(=O)N2CCN(C(=O)c3ccc(C(C)C)cc3)CC2)ccc1[N+](=O)[O-]. The van der Waals surface area contributed by atoms with E-state index >= 15 is 0 Å². The van der Waals surface area contributed by atoms with Crippen molar-refractivity contribution in [2.75, 3.05) is 26.2 Å². The van der Waals surface area contributed by atoms with Gasteiger partial charge in [0.05, 0.1) is 4.92 Å². The van der Waals surface area contributed by atoms with Crippen LogP contribution in [0, 0.1) is 17.0 Å². The number of carbonyl (C=O) groups excluding carboxylic acids is 2. The largest absolute Gasteiger partial charge is 0.335 e. The van der Waals surface area contributed by atoms with Crippen molar-refractivity contribution in [1.29, 1.82) is 0 Å². The molecule has 0 aliphatic carbocycles. The molecule has 1 aliphatic rings. The van der Waals surface area contributed by atoms with Crippen LogP contribution in [0.1, 0.15) is 51.6 Å². The normalized spacial score (nSPS) is 14.2. The first-order chi connectivity index (χ1) is 13.8. The summed E-state index contributed by atoms with van der Waals surface area (Å²) in [5, 5.41) is 10.9. The van der Waals surface area contributed by atoms with Gasteiger partial charge in [0.2, 0.25) is 0 Å². The zero-order valence-electron chi connectivity index (χ0n) is 16.9. The van der Waals surface area contributed by atoms with Gasteiger partial charge in [-0.1, -0.05) is 26.0 Å². The van der Waals surface area contributed by atoms with Crippen LogP contribution in [0.25, 0.3) is 0 Å². The van der Waals surface area contributed by atoms with E-state index in [9.17, 15) is 19.7 Å². The fourth-order valence-corrected chi connectivity index (χ4v) is 3.48. The summed E-state index contributed by atoms with van der Waals surface area (Å²) in [7, 11) is 0. The van der Waals surface area contributed by atoms with Crippen LogP contribution in [0.4, 0.5) is 5.69 Å².